The molecule has 0 aromatic rings. The fraction of sp³-hybridized carbons (Fsp3) is 0.867. The zero-order valence-electron chi connectivity index (χ0n) is 11.6. The number of nitrogens with zero attached hydrogens (tertiary/aromatic N) is 1. The van der Waals surface area contributed by atoms with Crippen molar-refractivity contribution < 1.29 is 14.7 Å². The highest BCUT2D eigenvalue weighted by molar-refractivity contribution is 5.81. The van der Waals surface area contributed by atoms with Gasteiger partial charge in [0.05, 0.1) is 0 Å². The number of carboxylic acids is 1. The molecule has 0 spiro atoms. The minimum atomic E-state index is -0.897. The molecule has 1 amide bonds. The van der Waals surface area contributed by atoms with Gasteiger partial charge in [0.1, 0.15) is 6.54 Å². The first-order valence-corrected chi connectivity index (χ1v) is 7.64. The van der Waals surface area contributed by atoms with E-state index in [1.807, 2.05) is 0 Å². The summed E-state index contributed by atoms with van der Waals surface area (Å²) in [6.07, 6.45) is 10.2. The van der Waals surface area contributed by atoms with E-state index in [1.165, 1.54) is 32.1 Å². The summed E-state index contributed by atoms with van der Waals surface area (Å²) in [5, 5.41) is 8.89. The highest BCUT2D eigenvalue weighted by Gasteiger charge is 2.28. The number of rotatable bonds is 7. The van der Waals surface area contributed by atoms with Gasteiger partial charge in [-0.05, 0) is 31.1 Å². The van der Waals surface area contributed by atoms with Crippen molar-refractivity contribution in [2.75, 3.05) is 13.1 Å². The lowest BCUT2D eigenvalue weighted by molar-refractivity contribution is -0.144. The average molecular weight is 267 g/mol. The molecule has 0 unspecified atom stereocenters. The summed E-state index contributed by atoms with van der Waals surface area (Å²) in [5.74, 6) is 0.384. The lowest BCUT2D eigenvalue weighted by atomic mass is 9.86. The molecule has 0 aromatic carbocycles. The monoisotopic (exact) mass is 267 g/mol. The van der Waals surface area contributed by atoms with E-state index in [1.54, 1.807) is 4.90 Å². The van der Waals surface area contributed by atoms with Gasteiger partial charge in [-0.2, -0.15) is 0 Å². The van der Waals surface area contributed by atoms with Gasteiger partial charge in [-0.3, -0.25) is 9.59 Å². The third kappa shape index (κ3) is 5.21. The smallest absolute Gasteiger partial charge is 0.323 e. The van der Waals surface area contributed by atoms with Crippen molar-refractivity contribution >= 4 is 11.9 Å². The second-order valence-corrected chi connectivity index (χ2v) is 6.15. The quantitative estimate of drug-likeness (QED) is 0.771. The Balaban J connectivity index is 1.74. The van der Waals surface area contributed by atoms with E-state index in [2.05, 4.69) is 0 Å². The van der Waals surface area contributed by atoms with E-state index in [-0.39, 0.29) is 12.5 Å². The molecule has 2 rings (SSSR count). The molecule has 0 aliphatic heterocycles. The number of carboxylic acid groups (broad SMARTS) is 1. The van der Waals surface area contributed by atoms with E-state index in [0.29, 0.717) is 24.8 Å². The Bertz CT molecular complexity index is 319. The molecule has 108 valence electrons. The minimum Gasteiger partial charge on any atom is -0.480 e. The second-order valence-electron chi connectivity index (χ2n) is 6.15. The Morgan fingerprint density at radius 3 is 2.26 bits per heavy atom. The van der Waals surface area contributed by atoms with Gasteiger partial charge >= 0.3 is 5.97 Å². The second kappa shape index (κ2) is 6.92. The largest absolute Gasteiger partial charge is 0.480 e. The predicted octanol–water partition coefficient (Wildman–Crippen LogP) is 2.67. The summed E-state index contributed by atoms with van der Waals surface area (Å²) in [6, 6.07) is 0. The minimum absolute atomic E-state index is 0.0415. The van der Waals surface area contributed by atoms with E-state index in [9.17, 15) is 9.59 Å². The van der Waals surface area contributed by atoms with E-state index in [0.717, 1.165) is 19.3 Å². The van der Waals surface area contributed by atoms with Crippen LogP contribution in [0.15, 0.2) is 0 Å². The highest BCUT2D eigenvalue weighted by atomic mass is 16.4. The first-order chi connectivity index (χ1) is 9.15. The molecule has 2 aliphatic rings. The van der Waals surface area contributed by atoms with Crippen molar-refractivity contribution in [1.29, 1.82) is 0 Å². The van der Waals surface area contributed by atoms with Crippen LogP contribution in [0.25, 0.3) is 0 Å². The number of carbonyl (C=O) groups excluding carboxylic acids is 1. The summed E-state index contributed by atoms with van der Waals surface area (Å²) in [4.78, 5) is 24.5. The maximum atomic E-state index is 12.1. The van der Waals surface area contributed by atoms with Crippen LogP contribution in [0.4, 0.5) is 0 Å². The molecule has 0 atom stereocenters. The van der Waals surface area contributed by atoms with Crippen LogP contribution in [-0.2, 0) is 9.59 Å². The molecule has 0 saturated heterocycles. The molecule has 0 aromatic heterocycles. The maximum absolute atomic E-state index is 12.1. The van der Waals surface area contributed by atoms with Crippen molar-refractivity contribution in [1.82, 2.24) is 4.90 Å². The maximum Gasteiger partial charge on any atom is 0.323 e. The van der Waals surface area contributed by atoms with Crippen LogP contribution in [0.3, 0.4) is 0 Å². The van der Waals surface area contributed by atoms with Gasteiger partial charge in [0.15, 0.2) is 0 Å². The van der Waals surface area contributed by atoms with Crippen molar-refractivity contribution in [2.45, 2.75) is 57.8 Å². The first kappa shape index (κ1) is 14.4. The van der Waals surface area contributed by atoms with Crippen LogP contribution < -0.4 is 0 Å². The third-order valence-corrected chi connectivity index (χ3v) is 4.35. The molecule has 4 nitrogen and oxygen atoms in total. The van der Waals surface area contributed by atoms with Crippen LogP contribution in [0.2, 0.25) is 0 Å². The van der Waals surface area contributed by atoms with Crippen molar-refractivity contribution in [3.05, 3.63) is 0 Å². The van der Waals surface area contributed by atoms with E-state index in [4.69, 9.17) is 5.11 Å². The Labute approximate surface area is 115 Å². The van der Waals surface area contributed by atoms with Crippen LogP contribution in [0.5, 0.6) is 0 Å². The summed E-state index contributed by atoms with van der Waals surface area (Å²) in [6.45, 7) is 0.524. The molecule has 2 aliphatic carbocycles. The normalized spacial score (nSPS) is 20.2. The van der Waals surface area contributed by atoms with Crippen LogP contribution in [0.1, 0.15) is 57.8 Å². The van der Waals surface area contributed by atoms with Gasteiger partial charge in [-0.25, -0.2) is 0 Å². The summed E-state index contributed by atoms with van der Waals surface area (Å²) in [5.41, 5.74) is 0. The van der Waals surface area contributed by atoms with Crippen molar-refractivity contribution in [2.24, 2.45) is 11.8 Å². The average Bonchev–Trinajstić information content (AvgIpc) is 3.20. The SMILES string of the molecule is O=C(O)CN(CC1CC1)C(=O)CCC1CCCCC1. The molecule has 2 saturated carbocycles. The zero-order valence-corrected chi connectivity index (χ0v) is 11.6. The number of hydrogen-bond acceptors (Lipinski definition) is 2. The van der Waals surface area contributed by atoms with Crippen LogP contribution in [0, 0.1) is 11.8 Å². The molecule has 0 heterocycles. The summed E-state index contributed by atoms with van der Waals surface area (Å²) in [7, 11) is 0. The third-order valence-electron chi connectivity index (χ3n) is 4.35. The summed E-state index contributed by atoms with van der Waals surface area (Å²) >= 11 is 0. The molecule has 4 heteroatoms. The molecule has 0 bridgehead atoms. The van der Waals surface area contributed by atoms with Gasteiger partial charge in [0.2, 0.25) is 5.91 Å². The van der Waals surface area contributed by atoms with Crippen molar-refractivity contribution in [3.63, 3.8) is 0 Å². The number of aliphatic carboxylic acids is 1. The Kier molecular flexibility index (Phi) is 5.23. The van der Waals surface area contributed by atoms with Gasteiger partial charge in [-0.15, -0.1) is 0 Å². The fourth-order valence-electron chi connectivity index (χ4n) is 2.99. The number of amides is 1. The Morgan fingerprint density at radius 1 is 1.00 bits per heavy atom. The lowest BCUT2D eigenvalue weighted by Gasteiger charge is -2.24. The standard InChI is InChI=1S/C15H25NO3/c17-14(9-8-12-4-2-1-3-5-12)16(11-15(18)19)10-13-6-7-13/h12-13H,1-11H2,(H,18,19). The van der Waals surface area contributed by atoms with Gasteiger partial charge in [-0.1, -0.05) is 32.1 Å². The molecular formula is C15H25NO3. The first-order valence-electron chi connectivity index (χ1n) is 7.64. The molecule has 1 N–H and O–H groups in total. The van der Waals surface area contributed by atoms with Crippen molar-refractivity contribution in [3.8, 4) is 0 Å². The van der Waals surface area contributed by atoms with Gasteiger partial charge < -0.3 is 10.0 Å². The van der Waals surface area contributed by atoms with Gasteiger partial charge in [0, 0.05) is 13.0 Å². The molecular weight excluding hydrogens is 242 g/mol. The van der Waals surface area contributed by atoms with Crippen LogP contribution in [-0.4, -0.2) is 35.0 Å². The lowest BCUT2D eigenvalue weighted by Crippen LogP contribution is -2.37. The predicted molar refractivity (Wildman–Crippen MR) is 72.7 cm³/mol. The molecule has 0 radical (unpaired) electrons. The Morgan fingerprint density at radius 2 is 1.68 bits per heavy atom. The van der Waals surface area contributed by atoms with E-state index >= 15 is 0 Å². The molecule has 19 heavy (non-hydrogen) atoms. The topological polar surface area (TPSA) is 57.6 Å². The number of hydrogen-bond donors (Lipinski definition) is 1. The van der Waals surface area contributed by atoms with Crippen LogP contribution >= 0.6 is 0 Å². The van der Waals surface area contributed by atoms with E-state index < -0.39 is 5.97 Å². The zero-order chi connectivity index (χ0) is 13.7. The summed E-state index contributed by atoms with van der Waals surface area (Å²) < 4.78 is 0. The highest BCUT2D eigenvalue weighted by Crippen LogP contribution is 2.31. The van der Waals surface area contributed by atoms with Gasteiger partial charge in [0.25, 0.3) is 0 Å². The Hall–Kier alpha value is -1.06. The number of carbonyl (C=O) groups is 2. The molecule has 2 fully saturated rings. The fourth-order valence-corrected chi connectivity index (χ4v) is 2.99.